The van der Waals surface area contributed by atoms with Crippen molar-refractivity contribution >= 4 is 23.2 Å². The second-order valence-electron chi connectivity index (χ2n) is 6.56. The summed E-state index contributed by atoms with van der Waals surface area (Å²) in [6, 6.07) is 13.2. The van der Waals surface area contributed by atoms with Crippen LogP contribution in [0.15, 0.2) is 54.7 Å². The summed E-state index contributed by atoms with van der Waals surface area (Å²) < 4.78 is 19.3. The summed E-state index contributed by atoms with van der Waals surface area (Å²) in [6.07, 6.45) is 2.08. The van der Waals surface area contributed by atoms with Crippen molar-refractivity contribution in [2.75, 3.05) is 13.6 Å². The molecule has 0 atom stereocenters. The number of benzene rings is 2. The molecule has 1 amide bonds. The summed E-state index contributed by atoms with van der Waals surface area (Å²) in [4.78, 5) is 24.3. The van der Waals surface area contributed by atoms with E-state index in [4.69, 9.17) is 10.1 Å². The first-order valence-corrected chi connectivity index (χ1v) is 9.68. The van der Waals surface area contributed by atoms with Gasteiger partial charge in [0.15, 0.2) is 0 Å². The van der Waals surface area contributed by atoms with Gasteiger partial charge in [-0.2, -0.15) is 0 Å². The molecule has 0 saturated heterocycles. The Morgan fingerprint density at radius 2 is 1.83 bits per heavy atom. The average Bonchev–Trinajstić information content (AvgIpc) is 2.75. The number of ether oxygens (including phenoxy) is 1. The topological polar surface area (TPSA) is 91.3 Å². The van der Waals surface area contributed by atoms with Gasteiger partial charge >= 0.3 is 5.97 Å². The van der Waals surface area contributed by atoms with Crippen LogP contribution in [0, 0.1) is 11.2 Å². The van der Waals surface area contributed by atoms with Gasteiger partial charge in [0.1, 0.15) is 12.4 Å². The number of halogens is 1. The maximum absolute atomic E-state index is 14.1. The molecule has 0 radical (unpaired) electrons. The fourth-order valence-corrected chi connectivity index (χ4v) is 2.75. The first kappa shape index (κ1) is 22.8. The molecule has 0 fully saturated rings. The van der Waals surface area contributed by atoms with Gasteiger partial charge in [0.2, 0.25) is 0 Å². The number of nitrogens with one attached hydrogen (secondary N) is 3. The van der Waals surface area contributed by atoms with Crippen LogP contribution >= 0.6 is 0 Å². The molecule has 0 aliphatic heterocycles. The van der Waals surface area contributed by atoms with Gasteiger partial charge in [-0.15, -0.1) is 0 Å². The lowest BCUT2D eigenvalue weighted by Crippen LogP contribution is -2.26. The predicted octanol–water partition coefficient (Wildman–Crippen LogP) is 3.68. The number of allylic oxidation sites excluding steroid dienone is 1. The summed E-state index contributed by atoms with van der Waals surface area (Å²) in [5, 5.41) is 13.5. The molecule has 0 spiro atoms. The van der Waals surface area contributed by atoms with Crippen molar-refractivity contribution in [2.45, 2.75) is 26.4 Å². The molecule has 6 nitrogen and oxygen atoms in total. The van der Waals surface area contributed by atoms with Crippen LogP contribution in [0.25, 0.3) is 5.57 Å². The summed E-state index contributed by atoms with van der Waals surface area (Å²) in [5.41, 5.74) is 2.27. The molecule has 2 aromatic rings. The summed E-state index contributed by atoms with van der Waals surface area (Å²) in [7, 11) is 1.69. The van der Waals surface area contributed by atoms with E-state index in [0.29, 0.717) is 23.3 Å². The van der Waals surface area contributed by atoms with Crippen LogP contribution in [-0.2, 0) is 16.1 Å². The lowest BCUT2D eigenvalue weighted by atomic mass is 9.98. The highest BCUT2D eigenvalue weighted by atomic mass is 19.1. The zero-order valence-electron chi connectivity index (χ0n) is 17.1. The van der Waals surface area contributed by atoms with Gasteiger partial charge in [-0.3, -0.25) is 9.59 Å². The van der Waals surface area contributed by atoms with Crippen LogP contribution in [0.5, 0.6) is 0 Å². The van der Waals surface area contributed by atoms with E-state index < -0.39 is 17.7 Å². The number of hydrogen-bond donors (Lipinski definition) is 3. The van der Waals surface area contributed by atoms with Crippen LogP contribution in [0.4, 0.5) is 4.39 Å². The fraction of sp³-hybridized carbons (Fsp3) is 0.261. The molecule has 3 N–H and O–H groups in total. The van der Waals surface area contributed by atoms with Gasteiger partial charge in [-0.1, -0.05) is 37.3 Å². The zero-order chi connectivity index (χ0) is 21.9. The largest absolute Gasteiger partial charge is 0.461 e. The number of hydrogen-bond acceptors (Lipinski definition) is 5. The minimum absolute atomic E-state index is 0.00609. The predicted molar refractivity (Wildman–Crippen MR) is 115 cm³/mol. The summed E-state index contributed by atoms with van der Waals surface area (Å²) >= 11 is 0. The molecule has 0 saturated carbocycles. The maximum Gasteiger partial charge on any atom is 0.307 e. The second-order valence-corrected chi connectivity index (χ2v) is 6.56. The SMILES string of the molecule is CCC(=N)/C(=C\NC)c1cc(F)cc(C(=O)NCCC(=O)OCc2ccccc2)c1. The molecule has 0 aromatic heterocycles. The highest BCUT2D eigenvalue weighted by Crippen LogP contribution is 2.20. The molecular weight excluding hydrogens is 385 g/mol. The van der Waals surface area contributed by atoms with Gasteiger partial charge in [0.25, 0.3) is 5.91 Å². The van der Waals surface area contributed by atoms with E-state index in [1.165, 1.54) is 12.1 Å². The fourth-order valence-electron chi connectivity index (χ4n) is 2.75. The highest BCUT2D eigenvalue weighted by molar-refractivity contribution is 6.22. The van der Waals surface area contributed by atoms with Crippen molar-refractivity contribution in [3.8, 4) is 0 Å². The average molecular weight is 411 g/mol. The van der Waals surface area contributed by atoms with Crippen LogP contribution in [0.2, 0.25) is 0 Å². The van der Waals surface area contributed by atoms with Gasteiger partial charge in [0.05, 0.1) is 6.42 Å². The molecule has 7 heteroatoms. The summed E-state index contributed by atoms with van der Waals surface area (Å²) in [6.45, 7) is 2.07. The van der Waals surface area contributed by atoms with Crippen LogP contribution < -0.4 is 10.6 Å². The van der Waals surface area contributed by atoms with Crippen molar-refractivity contribution in [2.24, 2.45) is 0 Å². The van der Waals surface area contributed by atoms with E-state index in [0.717, 1.165) is 11.6 Å². The standard InChI is InChI=1S/C23H26FN3O3/c1-3-21(25)20(14-26-2)17-11-18(13-19(24)12-17)23(29)27-10-9-22(28)30-15-16-7-5-4-6-8-16/h4-8,11-14,25-26H,3,9-10,15H2,1-2H3,(H,27,29)/b20-14-,25-21?. The molecule has 2 rings (SSSR count). The first-order valence-electron chi connectivity index (χ1n) is 9.68. The van der Waals surface area contributed by atoms with Crippen molar-refractivity contribution in [3.63, 3.8) is 0 Å². The number of rotatable bonds is 10. The normalized spacial score (nSPS) is 11.0. The van der Waals surface area contributed by atoms with E-state index in [-0.39, 0.29) is 25.1 Å². The number of amides is 1. The Bertz CT molecular complexity index is 927. The number of esters is 1. The van der Waals surface area contributed by atoms with Gasteiger partial charge in [-0.05, 0) is 35.7 Å². The van der Waals surface area contributed by atoms with Gasteiger partial charge < -0.3 is 20.8 Å². The van der Waals surface area contributed by atoms with Crippen molar-refractivity contribution < 1.29 is 18.7 Å². The van der Waals surface area contributed by atoms with Crippen LogP contribution in [0.3, 0.4) is 0 Å². The van der Waals surface area contributed by atoms with E-state index in [1.807, 2.05) is 37.3 Å². The van der Waals surface area contributed by atoms with Gasteiger partial charge in [-0.25, -0.2) is 4.39 Å². The smallest absolute Gasteiger partial charge is 0.307 e. The number of carbonyl (C=O) groups is 2. The molecule has 2 aromatic carbocycles. The van der Waals surface area contributed by atoms with E-state index in [2.05, 4.69) is 10.6 Å². The Morgan fingerprint density at radius 1 is 1.13 bits per heavy atom. The third-order valence-electron chi connectivity index (χ3n) is 4.30. The quantitative estimate of drug-likeness (QED) is 0.411. The van der Waals surface area contributed by atoms with Crippen molar-refractivity contribution in [1.82, 2.24) is 10.6 Å². The monoisotopic (exact) mass is 411 g/mol. The minimum atomic E-state index is -0.578. The molecule has 30 heavy (non-hydrogen) atoms. The van der Waals surface area contributed by atoms with E-state index >= 15 is 0 Å². The Morgan fingerprint density at radius 3 is 2.50 bits per heavy atom. The van der Waals surface area contributed by atoms with Crippen molar-refractivity contribution in [1.29, 1.82) is 5.41 Å². The molecule has 0 bridgehead atoms. The van der Waals surface area contributed by atoms with Crippen LogP contribution in [0.1, 0.15) is 41.3 Å². The molecular formula is C23H26FN3O3. The molecule has 0 unspecified atom stereocenters. The zero-order valence-corrected chi connectivity index (χ0v) is 17.1. The third-order valence-corrected chi connectivity index (χ3v) is 4.30. The van der Waals surface area contributed by atoms with E-state index in [1.54, 1.807) is 13.2 Å². The highest BCUT2D eigenvalue weighted by Gasteiger charge is 2.14. The minimum Gasteiger partial charge on any atom is -0.461 e. The maximum atomic E-state index is 14.1. The van der Waals surface area contributed by atoms with E-state index in [9.17, 15) is 14.0 Å². The second kappa shape index (κ2) is 11.5. The summed E-state index contributed by atoms with van der Waals surface area (Å²) in [5.74, 6) is -1.51. The molecule has 0 heterocycles. The third kappa shape index (κ3) is 6.84. The molecule has 158 valence electrons. The Labute approximate surface area is 175 Å². The molecule has 0 aliphatic carbocycles. The first-order chi connectivity index (χ1) is 14.4. The Hall–Kier alpha value is -3.48. The molecule has 0 aliphatic rings. The Balaban J connectivity index is 1.95. The van der Waals surface area contributed by atoms with Crippen LogP contribution in [-0.4, -0.2) is 31.2 Å². The van der Waals surface area contributed by atoms with Crippen molar-refractivity contribution in [3.05, 3.63) is 77.2 Å². The van der Waals surface area contributed by atoms with Gasteiger partial charge in [0, 0.05) is 36.6 Å². The lowest BCUT2D eigenvalue weighted by molar-refractivity contribution is -0.144. The lowest BCUT2D eigenvalue weighted by Gasteiger charge is -2.11. The number of carbonyl (C=O) groups excluding carboxylic acids is 2. The Kier molecular flexibility index (Phi) is 8.75.